The fourth-order valence-electron chi connectivity index (χ4n) is 4.26. The molecule has 4 rings (SSSR count). The van der Waals surface area contributed by atoms with Crippen LogP contribution in [0.3, 0.4) is 0 Å². The maximum atomic E-state index is 7.67. The van der Waals surface area contributed by atoms with E-state index in [1.165, 1.54) is 0 Å². The van der Waals surface area contributed by atoms with Crippen LogP contribution in [0.2, 0.25) is 0 Å². The van der Waals surface area contributed by atoms with Crippen LogP contribution in [-0.4, -0.2) is 42.2 Å². The molecular weight excluding hydrogens is 487 g/mol. The molecule has 0 spiro atoms. The highest BCUT2D eigenvalue weighted by molar-refractivity contribution is 5.91. The first-order chi connectivity index (χ1) is 16.1. The smallest absolute Gasteiger partial charge is 0.185 e. The maximum Gasteiger partial charge on any atom is 0.185 e. The second kappa shape index (κ2) is 13.0. The number of anilines is 1. The molecule has 2 atom stereocenters. The third-order valence-corrected chi connectivity index (χ3v) is 5.90. The average Bonchev–Trinajstić information content (AvgIpc) is 2.83. The quantitative estimate of drug-likeness (QED) is 0.260. The van der Waals surface area contributed by atoms with E-state index in [0.29, 0.717) is 5.82 Å². The zero-order valence-electron chi connectivity index (χ0n) is 19.8. The Hall–Kier alpha value is -3.23. The normalized spacial score (nSPS) is 17.2. The van der Waals surface area contributed by atoms with Gasteiger partial charge >= 0.3 is 0 Å². The highest BCUT2D eigenvalue weighted by atomic mass is 35.5. The lowest BCUT2D eigenvalue weighted by molar-refractivity contribution is 0.377. The molecule has 1 aliphatic rings. The first-order valence-electron chi connectivity index (χ1n) is 11.1. The molecule has 2 unspecified atom stereocenters. The van der Waals surface area contributed by atoms with Crippen LogP contribution in [0.1, 0.15) is 37.1 Å². The monoisotopic (exact) mass is 518 g/mol. The lowest BCUT2D eigenvalue weighted by atomic mass is 9.90. The lowest BCUT2D eigenvalue weighted by Crippen LogP contribution is -2.50. The molecule has 3 aromatic rings. The zero-order valence-corrected chi connectivity index (χ0v) is 21.4. The molecule has 1 aromatic heterocycles. The molecule has 35 heavy (non-hydrogen) atoms. The van der Waals surface area contributed by atoms with Gasteiger partial charge in [0.15, 0.2) is 11.8 Å². The number of hydrogen-bond acceptors (Lipinski definition) is 6. The number of rotatable bonds is 7. The van der Waals surface area contributed by atoms with Crippen molar-refractivity contribution in [3.05, 3.63) is 53.9 Å². The van der Waals surface area contributed by atoms with E-state index in [9.17, 15) is 0 Å². The van der Waals surface area contributed by atoms with Crippen LogP contribution in [0.4, 0.5) is 5.82 Å². The number of aromatic nitrogens is 2. The minimum absolute atomic E-state index is 0. The van der Waals surface area contributed by atoms with E-state index in [0.717, 1.165) is 59.5 Å². The van der Waals surface area contributed by atoms with Crippen molar-refractivity contribution in [3.63, 3.8) is 0 Å². The summed E-state index contributed by atoms with van der Waals surface area (Å²) in [5, 5.41) is 15.3. The van der Waals surface area contributed by atoms with Gasteiger partial charge in [-0.15, -0.1) is 24.8 Å². The van der Waals surface area contributed by atoms with Crippen LogP contribution in [-0.2, 0) is 0 Å². The predicted octanol–water partition coefficient (Wildman–Crippen LogP) is 4.87. The number of halogens is 2. The van der Waals surface area contributed by atoms with Crippen LogP contribution in [0.15, 0.2) is 42.5 Å². The number of para-hydroxylation sites is 1. The second-order valence-corrected chi connectivity index (χ2v) is 8.09. The minimum atomic E-state index is -0.0108. The molecule has 1 saturated carbocycles. The summed E-state index contributed by atoms with van der Waals surface area (Å²) in [6.45, 7) is 0. The lowest BCUT2D eigenvalue weighted by Gasteiger charge is -2.33. The van der Waals surface area contributed by atoms with Crippen molar-refractivity contribution in [1.29, 1.82) is 5.41 Å². The molecule has 188 valence electrons. The summed E-state index contributed by atoms with van der Waals surface area (Å²) in [6, 6.07) is 13.8. The molecule has 1 heterocycles. The van der Waals surface area contributed by atoms with E-state index in [1.807, 2.05) is 54.6 Å². The summed E-state index contributed by atoms with van der Waals surface area (Å²) in [5.41, 5.74) is 7.40. The number of nitrogens with one attached hydrogen (secondary N) is 3. The Balaban J connectivity index is 0.00000216. The molecule has 0 bridgehead atoms. The Kier molecular flexibility index (Phi) is 10.4. The van der Waals surface area contributed by atoms with E-state index in [4.69, 9.17) is 30.6 Å². The standard InChI is InChI=1S/C25H30N6O2.2ClH/c1-32-17-12-13-19-18(15-17)24(29-20-8-4-5-9-21(20)30-25(26)27)31-23(28-19)14-11-16-7-3-6-10-22(16)33-2;;/h3,6-7,10-15,20-21H,4-5,8-9H2,1-2H3,(H4,26,27,30)(H,28,29,31);2*1H/b14-11-;;. The molecular formula is C25H32Cl2N6O2. The van der Waals surface area contributed by atoms with Crippen molar-refractivity contribution in [1.82, 2.24) is 15.3 Å². The molecule has 5 N–H and O–H groups in total. The van der Waals surface area contributed by atoms with Crippen LogP contribution in [0.25, 0.3) is 23.1 Å². The SMILES string of the molecule is COc1ccc2nc(/C=C\c3ccccc3OC)nc(NC3CCCCC3NC(=N)N)c2c1.Cl.Cl. The Bertz CT molecular complexity index is 1170. The van der Waals surface area contributed by atoms with E-state index < -0.39 is 0 Å². The number of ether oxygens (including phenoxy) is 2. The highest BCUT2D eigenvalue weighted by Crippen LogP contribution is 2.29. The molecule has 0 saturated heterocycles. The van der Waals surface area contributed by atoms with E-state index >= 15 is 0 Å². The summed E-state index contributed by atoms with van der Waals surface area (Å²) in [5.74, 6) is 2.85. The summed E-state index contributed by atoms with van der Waals surface area (Å²) >= 11 is 0. The molecule has 2 aromatic carbocycles. The molecule has 1 fully saturated rings. The van der Waals surface area contributed by atoms with Crippen molar-refractivity contribution in [2.45, 2.75) is 37.8 Å². The molecule has 1 aliphatic carbocycles. The van der Waals surface area contributed by atoms with Gasteiger partial charge in [0.1, 0.15) is 17.3 Å². The van der Waals surface area contributed by atoms with E-state index in [1.54, 1.807) is 14.2 Å². The van der Waals surface area contributed by atoms with E-state index in [2.05, 4.69) is 10.6 Å². The first kappa shape index (κ1) is 28.0. The third-order valence-electron chi connectivity index (χ3n) is 5.90. The van der Waals surface area contributed by atoms with Gasteiger partial charge in [0, 0.05) is 23.0 Å². The van der Waals surface area contributed by atoms with Gasteiger partial charge in [-0.3, -0.25) is 5.41 Å². The van der Waals surface area contributed by atoms with Gasteiger partial charge in [-0.25, -0.2) is 9.97 Å². The van der Waals surface area contributed by atoms with Gasteiger partial charge in [0.2, 0.25) is 0 Å². The van der Waals surface area contributed by atoms with Gasteiger partial charge in [0.25, 0.3) is 0 Å². The number of nitrogens with zero attached hydrogens (tertiary/aromatic N) is 2. The Morgan fingerprint density at radius 3 is 2.46 bits per heavy atom. The second-order valence-electron chi connectivity index (χ2n) is 8.09. The van der Waals surface area contributed by atoms with E-state index in [-0.39, 0.29) is 42.9 Å². The minimum Gasteiger partial charge on any atom is -0.497 e. The maximum absolute atomic E-state index is 7.67. The first-order valence-corrected chi connectivity index (χ1v) is 11.1. The van der Waals surface area contributed by atoms with Gasteiger partial charge in [0.05, 0.1) is 19.7 Å². The van der Waals surface area contributed by atoms with Gasteiger partial charge in [-0.2, -0.15) is 0 Å². The van der Waals surface area contributed by atoms with Crippen molar-refractivity contribution in [2.75, 3.05) is 19.5 Å². The summed E-state index contributed by atoms with van der Waals surface area (Å²) in [7, 11) is 3.30. The average molecular weight is 519 g/mol. The van der Waals surface area contributed by atoms with Crippen molar-refractivity contribution >= 4 is 59.6 Å². The van der Waals surface area contributed by atoms with Gasteiger partial charge in [-0.1, -0.05) is 31.0 Å². The number of methoxy groups -OCH3 is 2. The van der Waals surface area contributed by atoms with Crippen molar-refractivity contribution < 1.29 is 9.47 Å². The number of hydrogen-bond donors (Lipinski definition) is 4. The number of fused-ring (bicyclic) bond motifs is 1. The number of guanidine groups is 1. The van der Waals surface area contributed by atoms with Crippen LogP contribution < -0.4 is 25.8 Å². The number of nitrogens with two attached hydrogens (primary N) is 1. The van der Waals surface area contributed by atoms with Crippen molar-refractivity contribution in [2.24, 2.45) is 5.73 Å². The summed E-state index contributed by atoms with van der Waals surface area (Å²) in [6.07, 6.45) is 7.97. The third kappa shape index (κ3) is 6.90. The summed E-state index contributed by atoms with van der Waals surface area (Å²) < 4.78 is 10.9. The largest absolute Gasteiger partial charge is 0.497 e. The zero-order chi connectivity index (χ0) is 23.2. The molecule has 0 amide bonds. The Morgan fingerprint density at radius 1 is 1.00 bits per heavy atom. The fraction of sp³-hybridized carbons (Fsp3) is 0.320. The molecule has 8 nitrogen and oxygen atoms in total. The summed E-state index contributed by atoms with van der Waals surface area (Å²) in [4.78, 5) is 9.57. The topological polar surface area (TPSA) is 118 Å². The molecule has 0 aliphatic heterocycles. The van der Waals surface area contributed by atoms with Crippen molar-refractivity contribution in [3.8, 4) is 11.5 Å². The molecule has 0 radical (unpaired) electrons. The fourth-order valence-corrected chi connectivity index (χ4v) is 4.26. The number of benzene rings is 2. The predicted molar refractivity (Wildman–Crippen MR) is 147 cm³/mol. The Morgan fingerprint density at radius 2 is 1.74 bits per heavy atom. The van der Waals surface area contributed by atoms with Gasteiger partial charge in [-0.05, 0) is 49.3 Å². The van der Waals surface area contributed by atoms with Gasteiger partial charge < -0.3 is 25.8 Å². The van der Waals surface area contributed by atoms with Crippen LogP contribution in [0, 0.1) is 5.41 Å². The highest BCUT2D eigenvalue weighted by Gasteiger charge is 2.26. The van der Waals surface area contributed by atoms with Crippen LogP contribution in [0.5, 0.6) is 11.5 Å². The van der Waals surface area contributed by atoms with Crippen LogP contribution >= 0.6 is 24.8 Å². The Labute approximate surface area is 218 Å². The molecule has 10 heteroatoms.